The van der Waals surface area contributed by atoms with Crippen LogP contribution in [-0.2, 0) is 0 Å². The fraction of sp³-hybridized carbons (Fsp3) is 0.714. The Labute approximate surface area is 143 Å². The van der Waals surface area contributed by atoms with E-state index in [0.29, 0.717) is 5.92 Å². The predicted octanol–water partition coefficient (Wildman–Crippen LogP) is 5.48. The average molecular weight is 318 g/mol. The molecule has 1 aromatic rings. The fourth-order valence-electron chi connectivity index (χ4n) is 3.39. The van der Waals surface area contributed by atoms with Crippen molar-refractivity contribution >= 4 is 0 Å². The zero-order valence-electron chi connectivity index (χ0n) is 15.4. The quantitative estimate of drug-likeness (QED) is 0.559. The van der Waals surface area contributed by atoms with Crippen LogP contribution in [0, 0.1) is 5.92 Å². The summed E-state index contributed by atoms with van der Waals surface area (Å²) in [6, 6.07) is 8.58. The molecule has 0 unspecified atom stereocenters. The van der Waals surface area contributed by atoms with Crippen molar-refractivity contribution in [2.75, 3.05) is 26.2 Å². The Morgan fingerprint density at radius 2 is 1.96 bits per heavy atom. The molecule has 0 amide bonds. The zero-order valence-corrected chi connectivity index (χ0v) is 15.4. The summed E-state index contributed by atoms with van der Waals surface area (Å²) in [7, 11) is 0. The number of benzene rings is 1. The van der Waals surface area contributed by atoms with E-state index in [4.69, 9.17) is 4.74 Å². The standard InChI is InChI=1S/C21H35NO/c1-4-5-6-13-22-14-10-19(11-15-22)12-16-23-21-9-7-8-20(17-21)18(2)3/h7-9,17-19H,4-6,10-16H2,1-3H3. The molecule has 0 aromatic heterocycles. The largest absolute Gasteiger partial charge is 0.494 e. The van der Waals surface area contributed by atoms with Gasteiger partial charge in [0.15, 0.2) is 0 Å². The summed E-state index contributed by atoms with van der Waals surface area (Å²) in [6.07, 6.45) is 7.98. The van der Waals surface area contributed by atoms with Crippen LogP contribution in [-0.4, -0.2) is 31.1 Å². The summed E-state index contributed by atoms with van der Waals surface area (Å²) in [5, 5.41) is 0. The number of hydrogen-bond donors (Lipinski definition) is 0. The second kappa shape index (κ2) is 9.97. The molecule has 0 spiro atoms. The number of unbranched alkanes of at least 4 members (excludes halogenated alkanes) is 2. The lowest BCUT2D eigenvalue weighted by Crippen LogP contribution is -2.34. The lowest BCUT2D eigenvalue weighted by Gasteiger charge is -2.31. The Bertz CT molecular complexity index is 435. The first-order valence-electron chi connectivity index (χ1n) is 9.64. The van der Waals surface area contributed by atoms with Crippen molar-refractivity contribution in [3.63, 3.8) is 0 Å². The molecule has 1 heterocycles. The third kappa shape index (κ3) is 6.55. The van der Waals surface area contributed by atoms with Crippen LogP contribution in [0.15, 0.2) is 24.3 Å². The van der Waals surface area contributed by atoms with Gasteiger partial charge in [-0.15, -0.1) is 0 Å². The third-order valence-corrected chi connectivity index (χ3v) is 5.10. The molecular formula is C21H35NO. The van der Waals surface area contributed by atoms with Crippen molar-refractivity contribution in [1.29, 1.82) is 0 Å². The summed E-state index contributed by atoms with van der Waals surface area (Å²) < 4.78 is 5.99. The van der Waals surface area contributed by atoms with Gasteiger partial charge in [-0.1, -0.05) is 45.7 Å². The molecule has 0 bridgehead atoms. The first-order chi connectivity index (χ1) is 11.2. The highest BCUT2D eigenvalue weighted by Crippen LogP contribution is 2.23. The number of ether oxygens (including phenoxy) is 1. The van der Waals surface area contributed by atoms with E-state index < -0.39 is 0 Å². The lowest BCUT2D eigenvalue weighted by atomic mass is 9.94. The minimum Gasteiger partial charge on any atom is -0.494 e. The monoisotopic (exact) mass is 317 g/mol. The van der Waals surface area contributed by atoms with Crippen LogP contribution in [0.1, 0.15) is 70.8 Å². The molecule has 23 heavy (non-hydrogen) atoms. The van der Waals surface area contributed by atoms with Crippen molar-refractivity contribution in [3.05, 3.63) is 29.8 Å². The summed E-state index contributed by atoms with van der Waals surface area (Å²) in [6.45, 7) is 11.5. The maximum absolute atomic E-state index is 5.99. The van der Waals surface area contributed by atoms with Crippen molar-refractivity contribution < 1.29 is 4.74 Å². The molecule has 2 rings (SSSR count). The highest BCUT2D eigenvalue weighted by atomic mass is 16.5. The Kier molecular flexibility index (Phi) is 7.94. The molecule has 0 atom stereocenters. The van der Waals surface area contributed by atoms with Crippen LogP contribution in [0.4, 0.5) is 0 Å². The van der Waals surface area contributed by atoms with Crippen LogP contribution in [0.2, 0.25) is 0 Å². The fourth-order valence-corrected chi connectivity index (χ4v) is 3.39. The number of rotatable bonds is 9. The number of nitrogens with zero attached hydrogens (tertiary/aromatic N) is 1. The van der Waals surface area contributed by atoms with E-state index in [1.807, 2.05) is 0 Å². The summed E-state index contributed by atoms with van der Waals surface area (Å²) >= 11 is 0. The van der Waals surface area contributed by atoms with Crippen LogP contribution in [0.25, 0.3) is 0 Å². The van der Waals surface area contributed by atoms with Gasteiger partial charge >= 0.3 is 0 Å². The van der Waals surface area contributed by atoms with Gasteiger partial charge in [-0.05, 0) is 74.8 Å². The molecule has 0 saturated carbocycles. The molecule has 1 aliphatic heterocycles. The van der Waals surface area contributed by atoms with Crippen molar-refractivity contribution in [1.82, 2.24) is 4.90 Å². The smallest absolute Gasteiger partial charge is 0.119 e. The summed E-state index contributed by atoms with van der Waals surface area (Å²) in [5.74, 6) is 2.45. The van der Waals surface area contributed by atoms with Gasteiger partial charge in [-0.25, -0.2) is 0 Å². The van der Waals surface area contributed by atoms with E-state index in [9.17, 15) is 0 Å². The molecular weight excluding hydrogens is 282 g/mol. The molecule has 1 aliphatic rings. The van der Waals surface area contributed by atoms with Gasteiger partial charge in [0.1, 0.15) is 5.75 Å². The van der Waals surface area contributed by atoms with Crippen molar-refractivity contribution in [2.45, 2.75) is 65.2 Å². The molecule has 0 aliphatic carbocycles. The minimum absolute atomic E-state index is 0.565. The van der Waals surface area contributed by atoms with Crippen LogP contribution >= 0.6 is 0 Å². The first-order valence-corrected chi connectivity index (χ1v) is 9.64. The first kappa shape index (κ1) is 18.3. The van der Waals surface area contributed by atoms with E-state index in [2.05, 4.69) is 49.9 Å². The van der Waals surface area contributed by atoms with Crippen LogP contribution < -0.4 is 4.74 Å². The molecule has 0 N–H and O–H groups in total. The number of likely N-dealkylation sites (tertiary alicyclic amines) is 1. The van der Waals surface area contributed by atoms with Gasteiger partial charge in [0.2, 0.25) is 0 Å². The molecule has 1 fully saturated rings. The highest BCUT2D eigenvalue weighted by Gasteiger charge is 2.18. The predicted molar refractivity (Wildman–Crippen MR) is 99.3 cm³/mol. The normalized spacial score (nSPS) is 16.9. The second-order valence-corrected chi connectivity index (χ2v) is 7.36. The zero-order chi connectivity index (χ0) is 16.5. The molecule has 1 aromatic carbocycles. The van der Waals surface area contributed by atoms with Gasteiger partial charge in [0.05, 0.1) is 6.61 Å². The van der Waals surface area contributed by atoms with Gasteiger partial charge < -0.3 is 9.64 Å². The van der Waals surface area contributed by atoms with Crippen LogP contribution in [0.3, 0.4) is 0 Å². The van der Waals surface area contributed by atoms with Crippen molar-refractivity contribution in [3.8, 4) is 5.75 Å². The minimum atomic E-state index is 0.565. The van der Waals surface area contributed by atoms with E-state index in [-0.39, 0.29) is 0 Å². The number of hydrogen-bond acceptors (Lipinski definition) is 2. The third-order valence-electron chi connectivity index (χ3n) is 5.10. The van der Waals surface area contributed by atoms with Gasteiger partial charge in [0, 0.05) is 0 Å². The van der Waals surface area contributed by atoms with E-state index in [0.717, 1.165) is 18.3 Å². The van der Waals surface area contributed by atoms with Gasteiger partial charge in [-0.2, -0.15) is 0 Å². The summed E-state index contributed by atoms with van der Waals surface area (Å²) in [5.41, 5.74) is 1.36. The highest BCUT2D eigenvalue weighted by molar-refractivity contribution is 5.30. The SMILES string of the molecule is CCCCCN1CCC(CCOc2cccc(C(C)C)c2)CC1. The van der Waals surface area contributed by atoms with E-state index in [1.165, 1.54) is 63.7 Å². The van der Waals surface area contributed by atoms with E-state index in [1.54, 1.807) is 0 Å². The van der Waals surface area contributed by atoms with E-state index >= 15 is 0 Å². The molecule has 2 heteroatoms. The summed E-state index contributed by atoms with van der Waals surface area (Å²) in [4.78, 5) is 2.65. The van der Waals surface area contributed by atoms with Crippen LogP contribution in [0.5, 0.6) is 5.75 Å². The average Bonchev–Trinajstić information content (AvgIpc) is 2.57. The molecule has 1 saturated heterocycles. The Morgan fingerprint density at radius 3 is 2.65 bits per heavy atom. The Balaban J connectivity index is 1.63. The lowest BCUT2D eigenvalue weighted by molar-refractivity contribution is 0.161. The maximum Gasteiger partial charge on any atom is 0.119 e. The molecule has 0 radical (unpaired) electrons. The Hall–Kier alpha value is -1.02. The number of piperidine rings is 1. The topological polar surface area (TPSA) is 12.5 Å². The Morgan fingerprint density at radius 1 is 1.17 bits per heavy atom. The van der Waals surface area contributed by atoms with Gasteiger partial charge in [-0.3, -0.25) is 0 Å². The van der Waals surface area contributed by atoms with Crippen molar-refractivity contribution in [2.24, 2.45) is 5.92 Å². The molecule has 2 nitrogen and oxygen atoms in total. The molecule has 130 valence electrons. The maximum atomic E-state index is 5.99. The van der Waals surface area contributed by atoms with Gasteiger partial charge in [0.25, 0.3) is 0 Å². The second-order valence-electron chi connectivity index (χ2n) is 7.36.